The predicted octanol–water partition coefficient (Wildman–Crippen LogP) is 1.47. The van der Waals surface area contributed by atoms with E-state index in [0.29, 0.717) is 5.69 Å². The van der Waals surface area contributed by atoms with E-state index in [0.717, 1.165) is 0 Å². The number of benzene rings is 1. The average molecular weight is 309 g/mol. The SMILES string of the molecule is Cc1cc(S(=O)(=O)NCc2ccccn2)cc(CN)c1F. The van der Waals surface area contributed by atoms with Gasteiger partial charge in [-0.1, -0.05) is 6.07 Å². The second kappa shape index (κ2) is 6.30. The maximum absolute atomic E-state index is 13.7. The lowest BCUT2D eigenvalue weighted by Crippen LogP contribution is -2.24. The van der Waals surface area contributed by atoms with Crippen LogP contribution in [0.25, 0.3) is 0 Å². The summed E-state index contributed by atoms with van der Waals surface area (Å²) in [6.45, 7) is 1.51. The van der Waals surface area contributed by atoms with Crippen molar-refractivity contribution < 1.29 is 12.8 Å². The number of hydrogen-bond donors (Lipinski definition) is 2. The number of halogens is 1. The molecule has 0 saturated heterocycles. The van der Waals surface area contributed by atoms with E-state index in [4.69, 9.17) is 5.73 Å². The fourth-order valence-corrected chi connectivity index (χ4v) is 3.00. The van der Waals surface area contributed by atoms with Gasteiger partial charge in [-0.25, -0.2) is 17.5 Å². The largest absolute Gasteiger partial charge is 0.326 e. The molecular formula is C14H16FN3O2S. The number of nitrogens with one attached hydrogen (secondary N) is 1. The third kappa shape index (κ3) is 3.63. The van der Waals surface area contributed by atoms with Crippen LogP contribution >= 0.6 is 0 Å². The summed E-state index contributed by atoms with van der Waals surface area (Å²) in [4.78, 5) is 4.03. The molecule has 1 aromatic carbocycles. The number of aromatic nitrogens is 1. The van der Waals surface area contributed by atoms with Gasteiger partial charge < -0.3 is 5.73 Å². The smallest absolute Gasteiger partial charge is 0.240 e. The van der Waals surface area contributed by atoms with Crippen molar-refractivity contribution in [3.8, 4) is 0 Å². The Morgan fingerprint density at radius 2 is 2.10 bits per heavy atom. The summed E-state index contributed by atoms with van der Waals surface area (Å²) in [7, 11) is -3.74. The Bertz CT molecular complexity index is 733. The van der Waals surface area contributed by atoms with Gasteiger partial charge in [-0.05, 0) is 36.8 Å². The molecule has 21 heavy (non-hydrogen) atoms. The van der Waals surface area contributed by atoms with Gasteiger partial charge in [-0.2, -0.15) is 0 Å². The Kier molecular flexibility index (Phi) is 4.66. The summed E-state index contributed by atoms with van der Waals surface area (Å²) in [5.41, 5.74) is 6.45. The van der Waals surface area contributed by atoms with Crippen molar-refractivity contribution in [2.24, 2.45) is 5.73 Å². The van der Waals surface area contributed by atoms with Crippen molar-refractivity contribution in [3.05, 3.63) is 59.2 Å². The van der Waals surface area contributed by atoms with Gasteiger partial charge in [-0.15, -0.1) is 0 Å². The molecule has 112 valence electrons. The fraction of sp³-hybridized carbons (Fsp3) is 0.214. The number of aryl methyl sites for hydroxylation is 1. The highest BCUT2D eigenvalue weighted by atomic mass is 32.2. The van der Waals surface area contributed by atoms with Crippen molar-refractivity contribution in [2.45, 2.75) is 24.9 Å². The monoisotopic (exact) mass is 309 g/mol. The molecule has 0 fully saturated rings. The zero-order valence-corrected chi connectivity index (χ0v) is 12.3. The van der Waals surface area contributed by atoms with Crippen molar-refractivity contribution in [3.63, 3.8) is 0 Å². The first kappa shape index (κ1) is 15.6. The van der Waals surface area contributed by atoms with Crippen LogP contribution in [0.15, 0.2) is 41.4 Å². The second-order valence-electron chi connectivity index (χ2n) is 4.56. The summed E-state index contributed by atoms with van der Waals surface area (Å²) in [6.07, 6.45) is 1.58. The minimum Gasteiger partial charge on any atom is -0.326 e. The van der Waals surface area contributed by atoms with Crippen molar-refractivity contribution >= 4 is 10.0 Å². The number of sulfonamides is 1. The van der Waals surface area contributed by atoms with E-state index in [2.05, 4.69) is 9.71 Å². The van der Waals surface area contributed by atoms with Crippen molar-refractivity contribution in [2.75, 3.05) is 0 Å². The molecule has 2 aromatic rings. The molecular weight excluding hydrogens is 293 g/mol. The third-order valence-electron chi connectivity index (χ3n) is 3.00. The van der Waals surface area contributed by atoms with Crippen LogP contribution in [0.4, 0.5) is 4.39 Å². The first-order chi connectivity index (χ1) is 9.94. The molecule has 0 bridgehead atoms. The minimum atomic E-state index is -3.74. The number of rotatable bonds is 5. The van der Waals surface area contributed by atoms with Gasteiger partial charge in [0.15, 0.2) is 0 Å². The van der Waals surface area contributed by atoms with Crippen molar-refractivity contribution in [1.82, 2.24) is 9.71 Å². The highest BCUT2D eigenvalue weighted by molar-refractivity contribution is 7.89. The standard InChI is InChI=1S/C14H16FN3O2S/c1-10-6-13(7-11(8-16)14(10)15)21(19,20)18-9-12-4-2-3-5-17-12/h2-7,18H,8-9,16H2,1H3. The Morgan fingerprint density at radius 1 is 1.33 bits per heavy atom. The topological polar surface area (TPSA) is 85.1 Å². The highest BCUT2D eigenvalue weighted by Gasteiger charge is 2.17. The summed E-state index contributed by atoms with van der Waals surface area (Å²) in [6, 6.07) is 7.77. The summed E-state index contributed by atoms with van der Waals surface area (Å²) >= 11 is 0. The number of nitrogens with zero attached hydrogens (tertiary/aromatic N) is 1. The van der Waals surface area contributed by atoms with Gasteiger partial charge in [0.25, 0.3) is 0 Å². The second-order valence-corrected chi connectivity index (χ2v) is 6.33. The molecule has 0 aliphatic heterocycles. The third-order valence-corrected chi connectivity index (χ3v) is 4.38. The molecule has 0 spiro atoms. The van der Waals surface area contributed by atoms with E-state index in [-0.39, 0.29) is 29.1 Å². The summed E-state index contributed by atoms with van der Waals surface area (Å²) in [5.74, 6) is -0.471. The first-order valence-corrected chi connectivity index (χ1v) is 7.81. The van der Waals surface area contributed by atoms with Crippen LogP contribution in [0.3, 0.4) is 0 Å². The van der Waals surface area contributed by atoms with E-state index >= 15 is 0 Å². The molecule has 2 rings (SSSR count). The molecule has 0 amide bonds. The molecule has 0 radical (unpaired) electrons. The molecule has 0 unspecified atom stereocenters. The number of pyridine rings is 1. The van der Waals surface area contributed by atoms with Gasteiger partial charge >= 0.3 is 0 Å². The van der Waals surface area contributed by atoms with E-state index < -0.39 is 15.8 Å². The number of hydrogen-bond acceptors (Lipinski definition) is 4. The molecule has 5 nitrogen and oxygen atoms in total. The van der Waals surface area contributed by atoms with Gasteiger partial charge in [0.2, 0.25) is 10.0 Å². The van der Waals surface area contributed by atoms with Crippen LogP contribution in [0.1, 0.15) is 16.8 Å². The quantitative estimate of drug-likeness (QED) is 0.876. The van der Waals surface area contributed by atoms with E-state index in [1.54, 1.807) is 24.4 Å². The molecule has 1 heterocycles. The Morgan fingerprint density at radius 3 is 2.71 bits per heavy atom. The highest BCUT2D eigenvalue weighted by Crippen LogP contribution is 2.19. The Labute approximate surface area is 123 Å². The van der Waals surface area contributed by atoms with Gasteiger partial charge in [0.05, 0.1) is 17.1 Å². The molecule has 7 heteroatoms. The fourth-order valence-electron chi connectivity index (χ4n) is 1.87. The molecule has 0 aliphatic rings. The van der Waals surface area contributed by atoms with Crippen LogP contribution in [0.2, 0.25) is 0 Å². The van der Waals surface area contributed by atoms with Crippen molar-refractivity contribution in [1.29, 1.82) is 0 Å². The normalized spacial score (nSPS) is 11.6. The van der Waals surface area contributed by atoms with Crippen LogP contribution in [0.5, 0.6) is 0 Å². The van der Waals surface area contributed by atoms with Gasteiger partial charge in [0.1, 0.15) is 5.82 Å². The first-order valence-electron chi connectivity index (χ1n) is 6.32. The average Bonchev–Trinajstić information content (AvgIpc) is 2.49. The molecule has 0 aliphatic carbocycles. The lowest BCUT2D eigenvalue weighted by atomic mass is 10.1. The van der Waals surface area contributed by atoms with E-state index in [9.17, 15) is 12.8 Å². The lowest BCUT2D eigenvalue weighted by molar-refractivity contribution is 0.576. The summed E-state index contributed by atoms with van der Waals surface area (Å²) < 4.78 is 40.6. The van der Waals surface area contributed by atoms with Gasteiger partial charge in [-0.3, -0.25) is 4.98 Å². The van der Waals surface area contributed by atoms with E-state index in [1.807, 2.05) is 0 Å². The Balaban J connectivity index is 2.25. The molecule has 3 N–H and O–H groups in total. The molecule has 0 saturated carbocycles. The van der Waals surface area contributed by atoms with E-state index in [1.165, 1.54) is 19.1 Å². The molecule has 1 aromatic heterocycles. The Hall–Kier alpha value is -1.83. The maximum atomic E-state index is 13.7. The van der Waals surface area contributed by atoms with Gasteiger partial charge in [0, 0.05) is 18.3 Å². The van der Waals surface area contributed by atoms with Crippen LogP contribution in [-0.2, 0) is 23.1 Å². The summed E-state index contributed by atoms with van der Waals surface area (Å²) in [5, 5.41) is 0. The zero-order valence-electron chi connectivity index (χ0n) is 11.5. The lowest BCUT2D eigenvalue weighted by Gasteiger charge is -2.10. The number of nitrogens with two attached hydrogens (primary N) is 1. The van der Waals surface area contributed by atoms with Crippen LogP contribution < -0.4 is 10.5 Å². The predicted molar refractivity (Wildman–Crippen MR) is 77.3 cm³/mol. The minimum absolute atomic E-state index is 0.00205. The maximum Gasteiger partial charge on any atom is 0.240 e. The zero-order chi connectivity index (χ0) is 15.5. The molecule has 0 atom stereocenters. The van der Waals surface area contributed by atoms with Crippen LogP contribution in [0, 0.1) is 12.7 Å². The van der Waals surface area contributed by atoms with Crippen LogP contribution in [-0.4, -0.2) is 13.4 Å².